The number of hydrogen-bond donors (Lipinski definition) is 2. The Morgan fingerprint density at radius 2 is 1.92 bits per heavy atom. The summed E-state index contributed by atoms with van der Waals surface area (Å²) in [6.45, 7) is 1.26. The number of hydrogen-bond acceptors (Lipinski definition) is 5. The topological polar surface area (TPSA) is 80.3 Å². The molecule has 1 aliphatic rings. The van der Waals surface area contributed by atoms with Crippen LogP contribution in [0.15, 0.2) is 41.4 Å². The van der Waals surface area contributed by atoms with Crippen LogP contribution < -0.4 is 10.0 Å². The monoisotopic (exact) mass is 361 g/mol. The number of rotatable bonds is 7. The molecule has 25 heavy (non-hydrogen) atoms. The summed E-state index contributed by atoms with van der Waals surface area (Å²) in [6.07, 6.45) is 5.86. The third-order valence-electron chi connectivity index (χ3n) is 4.27. The van der Waals surface area contributed by atoms with Gasteiger partial charge < -0.3 is 10.1 Å². The Morgan fingerprint density at radius 3 is 2.64 bits per heavy atom. The molecule has 0 amide bonds. The van der Waals surface area contributed by atoms with Crippen LogP contribution in [0.5, 0.6) is 0 Å². The molecule has 1 aliphatic carbocycles. The molecule has 0 fully saturated rings. The molecule has 134 valence electrons. The van der Waals surface area contributed by atoms with E-state index in [-0.39, 0.29) is 4.90 Å². The lowest BCUT2D eigenvalue weighted by molar-refractivity contribution is 0.211. The normalized spacial score (nSPS) is 14.0. The quantitative estimate of drug-likeness (QED) is 0.741. The zero-order chi connectivity index (χ0) is 17.7. The van der Waals surface area contributed by atoms with Gasteiger partial charge in [-0.1, -0.05) is 6.07 Å². The molecular formula is C18H23N3O3S. The van der Waals surface area contributed by atoms with E-state index in [0.717, 1.165) is 30.5 Å². The van der Waals surface area contributed by atoms with Crippen molar-refractivity contribution in [2.24, 2.45) is 0 Å². The minimum absolute atomic E-state index is 0.289. The molecule has 1 aromatic heterocycles. The second-order valence-corrected chi connectivity index (χ2v) is 7.78. The van der Waals surface area contributed by atoms with Crippen LogP contribution in [0.2, 0.25) is 0 Å². The first-order chi connectivity index (χ1) is 12.1. The molecule has 0 saturated carbocycles. The Bertz CT molecular complexity index is 820. The molecule has 6 nitrogen and oxygen atoms in total. The van der Waals surface area contributed by atoms with E-state index in [0.29, 0.717) is 19.0 Å². The highest BCUT2D eigenvalue weighted by Gasteiger charge is 2.18. The molecule has 0 atom stereocenters. The van der Waals surface area contributed by atoms with Gasteiger partial charge in [0.05, 0.1) is 23.4 Å². The van der Waals surface area contributed by atoms with Gasteiger partial charge >= 0.3 is 0 Å². The van der Waals surface area contributed by atoms with Crippen molar-refractivity contribution < 1.29 is 13.2 Å². The molecule has 1 aromatic carbocycles. The lowest BCUT2D eigenvalue weighted by Gasteiger charge is -2.17. The van der Waals surface area contributed by atoms with Crippen LogP contribution >= 0.6 is 0 Å². The molecule has 0 bridgehead atoms. The lowest BCUT2D eigenvalue weighted by Crippen LogP contribution is -2.15. The van der Waals surface area contributed by atoms with Crippen LogP contribution in [-0.2, 0) is 27.6 Å². The number of anilines is 2. The molecule has 2 N–H and O–H groups in total. The number of sulfonamides is 1. The lowest BCUT2D eigenvalue weighted by atomic mass is 9.92. The van der Waals surface area contributed by atoms with Crippen molar-refractivity contribution >= 4 is 21.5 Å². The minimum Gasteiger partial charge on any atom is -0.383 e. The first kappa shape index (κ1) is 17.7. The average Bonchev–Trinajstić information content (AvgIpc) is 2.63. The molecular weight excluding hydrogens is 338 g/mol. The van der Waals surface area contributed by atoms with E-state index in [1.165, 1.54) is 12.0 Å². The molecule has 2 aromatic rings. The predicted octanol–water partition coefficient (Wildman–Crippen LogP) is 2.82. The van der Waals surface area contributed by atoms with E-state index in [9.17, 15) is 8.42 Å². The third kappa shape index (κ3) is 4.49. The number of benzene rings is 1. The van der Waals surface area contributed by atoms with Crippen molar-refractivity contribution in [3.8, 4) is 0 Å². The standard InChI is InChI=1S/C18H23N3O3S/c1-24-11-10-19-16-7-9-18(20-13-16)21-25(22,23)17-8-6-14-4-2-3-5-15(14)12-17/h6-9,12-13,19H,2-5,10-11H2,1H3,(H,20,21). The van der Waals surface area contributed by atoms with Crippen LogP contribution in [0.25, 0.3) is 0 Å². The Hall–Kier alpha value is -2.12. The van der Waals surface area contributed by atoms with Gasteiger partial charge in [0.2, 0.25) is 0 Å². The summed E-state index contributed by atoms with van der Waals surface area (Å²) in [5.41, 5.74) is 3.21. The van der Waals surface area contributed by atoms with Gasteiger partial charge in [-0.2, -0.15) is 0 Å². The molecule has 0 aliphatic heterocycles. The van der Waals surface area contributed by atoms with Gasteiger partial charge in [0, 0.05) is 13.7 Å². The van der Waals surface area contributed by atoms with Crippen molar-refractivity contribution in [1.29, 1.82) is 0 Å². The zero-order valence-electron chi connectivity index (χ0n) is 14.3. The van der Waals surface area contributed by atoms with Crippen molar-refractivity contribution in [3.05, 3.63) is 47.7 Å². The fraction of sp³-hybridized carbons (Fsp3) is 0.389. The number of methoxy groups -OCH3 is 1. The van der Waals surface area contributed by atoms with Gasteiger partial charge in [-0.05, 0) is 61.1 Å². The fourth-order valence-electron chi connectivity index (χ4n) is 2.93. The highest BCUT2D eigenvalue weighted by molar-refractivity contribution is 7.92. The Balaban J connectivity index is 1.71. The number of aromatic nitrogens is 1. The highest BCUT2D eigenvalue weighted by atomic mass is 32.2. The van der Waals surface area contributed by atoms with Crippen molar-refractivity contribution in [2.45, 2.75) is 30.6 Å². The predicted molar refractivity (Wildman–Crippen MR) is 98.5 cm³/mol. The first-order valence-corrected chi connectivity index (χ1v) is 9.90. The van der Waals surface area contributed by atoms with Gasteiger partial charge in [0.1, 0.15) is 5.82 Å². The van der Waals surface area contributed by atoms with Crippen LogP contribution in [0.4, 0.5) is 11.5 Å². The summed E-state index contributed by atoms with van der Waals surface area (Å²) in [6, 6.07) is 8.82. The van der Waals surface area contributed by atoms with Gasteiger partial charge in [0.15, 0.2) is 0 Å². The zero-order valence-corrected chi connectivity index (χ0v) is 15.1. The summed E-state index contributed by atoms with van der Waals surface area (Å²) >= 11 is 0. The maximum atomic E-state index is 12.6. The van der Waals surface area contributed by atoms with E-state index >= 15 is 0 Å². The van der Waals surface area contributed by atoms with Crippen LogP contribution in [0, 0.1) is 0 Å². The second-order valence-electron chi connectivity index (χ2n) is 6.09. The number of ether oxygens (including phenoxy) is 1. The molecule has 0 unspecified atom stereocenters. The van der Waals surface area contributed by atoms with E-state index in [1.807, 2.05) is 6.07 Å². The van der Waals surface area contributed by atoms with E-state index < -0.39 is 10.0 Å². The van der Waals surface area contributed by atoms with Crippen LogP contribution in [0.1, 0.15) is 24.0 Å². The molecule has 7 heteroatoms. The summed E-state index contributed by atoms with van der Waals surface area (Å²) in [7, 11) is -2.00. The molecule has 0 saturated heterocycles. The SMILES string of the molecule is COCCNc1ccc(NS(=O)(=O)c2ccc3c(c2)CCCC3)nc1. The fourth-order valence-corrected chi connectivity index (χ4v) is 3.99. The number of nitrogens with zero attached hydrogens (tertiary/aromatic N) is 1. The van der Waals surface area contributed by atoms with E-state index in [1.54, 1.807) is 37.6 Å². The van der Waals surface area contributed by atoms with Gasteiger partial charge in [0.25, 0.3) is 10.0 Å². The number of fused-ring (bicyclic) bond motifs is 1. The van der Waals surface area contributed by atoms with Crippen molar-refractivity contribution in [2.75, 3.05) is 30.3 Å². The Labute approximate surface area is 148 Å². The molecule has 0 spiro atoms. The smallest absolute Gasteiger partial charge is 0.263 e. The second kappa shape index (κ2) is 7.84. The summed E-state index contributed by atoms with van der Waals surface area (Å²) in [5, 5.41) is 3.14. The largest absolute Gasteiger partial charge is 0.383 e. The maximum Gasteiger partial charge on any atom is 0.263 e. The molecule has 1 heterocycles. The van der Waals surface area contributed by atoms with Gasteiger partial charge in [-0.15, -0.1) is 0 Å². The van der Waals surface area contributed by atoms with Crippen LogP contribution in [0.3, 0.4) is 0 Å². The summed E-state index contributed by atoms with van der Waals surface area (Å²) in [5.74, 6) is 0.301. The molecule has 0 radical (unpaired) electrons. The van der Waals surface area contributed by atoms with Gasteiger partial charge in [-0.3, -0.25) is 4.72 Å². The number of nitrogens with one attached hydrogen (secondary N) is 2. The maximum absolute atomic E-state index is 12.6. The first-order valence-electron chi connectivity index (χ1n) is 8.42. The van der Waals surface area contributed by atoms with Crippen molar-refractivity contribution in [1.82, 2.24) is 4.98 Å². The van der Waals surface area contributed by atoms with Crippen molar-refractivity contribution in [3.63, 3.8) is 0 Å². The van der Waals surface area contributed by atoms with E-state index in [4.69, 9.17) is 4.74 Å². The third-order valence-corrected chi connectivity index (χ3v) is 5.62. The average molecular weight is 361 g/mol. The van der Waals surface area contributed by atoms with Gasteiger partial charge in [-0.25, -0.2) is 13.4 Å². The molecule has 3 rings (SSSR count). The Morgan fingerprint density at radius 1 is 1.12 bits per heavy atom. The summed E-state index contributed by atoms with van der Waals surface area (Å²) < 4.78 is 32.7. The van der Waals surface area contributed by atoms with E-state index in [2.05, 4.69) is 15.0 Å². The Kier molecular flexibility index (Phi) is 5.55. The minimum atomic E-state index is -3.63. The highest BCUT2D eigenvalue weighted by Crippen LogP contribution is 2.25. The number of aryl methyl sites for hydroxylation is 2. The van der Waals surface area contributed by atoms with Crippen LogP contribution in [-0.4, -0.2) is 33.7 Å². The summed E-state index contributed by atoms with van der Waals surface area (Å²) in [4.78, 5) is 4.45. The number of pyridine rings is 1.